The number of halogens is 2. The highest BCUT2D eigenvalue weighted by Crippen LogP contribution is 2.25. The number of rotatable bonds is 1. The Balaban J connectivity index is 1.90. The molecule has 1 aliphatic heterocycles. The van der Waals surface area contributed by atoms with Crippen LogP contribution in [0.25, 0.3) is 0 Å². The Morgan fingerprint density at radius 3 is 2.71 bits per heavy atom. The fourth-order valence-electron chi connectivity index (χ4n) is 2.71. The highest BCUT2D eigenvalue weighted by atomic mass is 79.9. The molecule has 0 fully saturated rings. The third-order valence-corrected chi connectivity index (χ3v) is 4.73. The molecule has 0 aliphatic carbocycles. The summed E-state index contributed by atoms with van der Waals surface area (Å²) in [5, 5.41) is 0.580. The van der Waals surface area contributed by atoms with E-state index in [9.17, 15) is 4.79 Å². The molecule has 0 spiro atoms. The molecule has 0 bridgehead atoms. The summed E-state index contributed by atoms with van der Waals surface area (Å²) in [7, 11) is 0. The molecule has 1 amide bonds. The quantitative estimate of drug-likeness (QED) is 0.719. The van der Waals surface area contributed by atoms with Crippen LogP contribution in [-0.4, -0.2) is 17.4 Å². The fraction of sp³-hybridized carbons (Fsp3) is 0.235. The van der Waals surface area contributed by atoms with Crippen molar-refractivity contribution in [1.29, 1.82) is 0 Å². The van der Waals surface area contributed by atoms with E-state index in [0.717, 1.165) is 23.9 Å². The first kappa shape index (κ1) is 14.6. The number of benzene rings is 2. The molecule has 21 heavy (non-hydrogen) atoms. The maximum absolute atomic E-state index is 12.8. The maximum Gasteiger partial charge on any atom is 0.255 e. The van der Waals surface area contributed by atoms with Gasteiger partial charge in [-0.2, -0.15) is 0 Å². The van der Waals surface area contributed by atoms with Gasteiger partial charge in [0.05, 0.1) is 5.56 Å². The first-order chi connectivity index (χ1) is 10.1. The third-order valence-electron chi connectivity index (χ3n) is 3.80. The zero-order valence-corrected chi connectivity index (χ0v) is 13.8. The van der Waals surface area contributed by atoms with E-state index < -0.39 is 0 Å². The number of hydrogen-bond acceptors (Lipinski definition) is 1. The van der Waals surface area contributed by atoms with Crippen LogP contribution in [-0.2, 0) is 13.0 Å². The van der Waals surface area contributed by atoms with Crippen LogP contribution in [0.15, 0.2) is 46.9 Å². The summed E-state index contributed by atoms with van der Waals surface area (Å²) >= 11 is 9.46. The van der Waals surface area contributed by atoms with Gasteiger partial charge in [0.1, 0.15) is 0 Å². The standard InChI is InChI=1S/C17H15BrClNO/c18-16-8-7-14(19)10-15(16)17(21)20-9-3-6-12-4-1-2-5-13(12)11-20/h1-2,4-5,7-8,10H,3,6,9,11H2. The molecule has 0 atom stereocenters. The molecule has 3 rings (SSSR count). The van der Waals surface area contributed by atoms with Crippen molar-refractivity contribution in [1.82, 2.24) is 4.90 Å². The van der Waals surface area contributed by atoms with Crippen LogP contribution in [0.1, 0.15) is 27.9 Å². The van der Waals surface area contributed by atoms with Gasteiger partial charge in [-0.1, -0.05) is 35.9 Å². The number of hydrogen-bond donors (Lipinski definition) is 0. The lowest BCUT2D eigenvalue weighted by Gasteiger charge is -2.21. The Labute approximate surface area is 137 Å². The van der Waals surface area contributed by atoms with E-state index >= 15 is 0 Å². The summed E-state index contributed by atoms with van der Waals surface area (Å²) in [6.45, 7) is 1.43. The number of carbonyl (C=O) groups is 1. The van der Waals surface area contributed by atoms with Gasteiger partial charge >= 0.3 is 0 Å². The van der Waals surface area contributed by atoms with E-state index in [-0.39, 0.29) is 5.91 Å². The molecule has 0 radical (unpaired) electrons. The van der Waals surface area contributed by atoms with Crippen LogP contribution in [0.4, 0.5) is 0 Å². The molecule has 2 aromatic carbocycles. The summed E-state index contributed by atoms with van der Waals surface area (Å²) < 4.78 is 0.787. The Kier molecular flexibility index (Phi) is 4.32. The zero-order valence-electron chi connectivity index (χ0n) is 11.5. The van der Waals surface area contributed by atoms with Gasteiger partial charge in [0.2, 0.25) is 0 Å². The predicted octanol–water partition coefficient (Wildman–Crippen LogP) is 4.69. The summed E-state index contributed by atoms with van der Waals surface area (Å²) in [5.74, 6) is 0.0288. The minimum atomic E-state index is 0.0288. The van der Waals surface area contributed by atoms with Crippen molar-refractivity contribution in [2.24, 2.45) is 0 Å². The molecule has 108 valence electrons. The van der Waals surface area contributed by atoms with Gasteiger partial charge < -0.3 is 4.90 Å². The summed E-state index contributed by atoms with van der Waals surface area (Å²) in [6.07, 6.45) is 2.01. The largest absolute Gasteiger partial charge is 0.334 e. The number of aryl methyl sites for hydroxylation is 1. The molecule has 1 aliphatic rings. The van der Waals surface area contributed by atoms with Crippen molar-refractivity contribution >= 4 is 33.4 Å². The SMILES string of the molecule is O=C(c1cc(Cl)ccc1Br)N1CCCc2ccccc2C1. The van der Waals surface area contributed by atoms with E-state index in [1.54, 1.807) is 12.1 Å². The first-order valence-corrected chi connectivity index (χ1v) is 8.13. The number of amides is 1. The highest BCUT2D eigenvalue weighted by Gasteiger charge is 2.21. The number of carbonyl (C=O) groups excluding carboxylic acids is 1. The normalized spacial score (nSPS) is 14.5. The monoisotopic (exact) mass is 363 g/mol. The summed E-state index contributed by atoms with van der Waals surface area (Å²) in [5.41, 5.74) is 3.21. The summed E-state index contributed by atoms with van der Waals surface area (Å²) in [6, 6.07) is 13.7. The smallest absolute Gasteiger partial charge is 0.255 e. The van der Waals surface area contributed by atoms with Crippen LogP contribution in [0.3, 0.4) is 0 Å². The zero-order chi connectivity index (χ0) is 14.8. The molecule has 0 unspecified atom stereocenters. The lowest BCUT2D eigenvalue weighted by atomic mass is 10.0. The first-order valence-electron chi connectivity index (χ1n) is 6.96. The van der Waals surface area contributed by atoms with Crippen molar-refractivity contribution in [3.05, 3.63) is 68.7 Å². The van der Waals surface area contributed by atoms with Crippen molar-refractivity contribution in [2.45, 2.75) is 19.4 Å². The van der Waals surface area contributed by atoms with Crippen molar-refractivity contribution in [3.63, 3.8) is 0 Å². The van der Waals surface area contributed by atoms with Crippen molar-refractivity contribution in [2.75, 3.05) is 6.54 Å². The van der Waals surface area contributed by atoms with Crippen LogP contribution in [0, 0.1) is 0 Å². The van der Waals surface area contributed by atoms with Crippen LogP contribution in [0.2, 0.25) is 5.02 Å². The average Bonchev–Trinajstić information content (AvgIpc) is 2.71. The van der Waals surface area contributed by atoms with E-state index in [4.69, 9.17) is 11.6 Å². The van der Waals surface area contributed by atoms with E-state index in [1.807, 2.05) is 17.0 Å². The van der Waals surface area contributed by atoms with Crippen LogP contribution in [0.5, 0.6) is 0 Å². The lowest BCUT2D eigenvalue weighted by Crippen LogP contribution is -2.30. The average molecular weight is 365 g/mol. The van der Waals surface area contributed by atoms with Gasteiger partial charge in [-0.25, -0.2) is 0 Å². The second-order valence-corrected chi connectivity index (χ2v) is 6.51. The molecule has 2 aromatic rings. The highest BCUT2D eigenvalue weighted by molar-refractivity contribution is 9.10. The van der Waals surface area contributed by atoms with E-state index in [2.05, 4.69) is 34.1 Å². The van der Waals surface area contributed by atoms with Crippen molar-refractivity contribution < 1.29 is 4.79 Å². The molecule has 0 N–H and O–H groups in total. The molecular weight excluding hydrogens is 350 g/mol. The minimum absolute atomic E-state index is 0.0288. The van der Waals surface area contributed by atoms with Crippen LogP contribution >= 0.6 is 27.5 Å². The second-order valence-electron chi connectivity index (χ2n) is 5.22. The molecule has 1 heterocycles. The lowest BCUT2D eigenvalue weighted by molar-refractivity contribution is 0.0745. The van der Waals surface area contributed by atoms with Gasteiger partial charge in [0.15, 0.2) is 0 Å². The molecule has 2 nitrogen and oxygen atoms in total. The van der Waals surface area contributed by atoms with E-state index in [1.165, 1.54) is 11.1 Å². The van der Waals surface area contributed by atoms with Gasteiger partial charge in [-0.3, -0.25) is 4.79 Å². The maximum atomic E-state index is 12.8. The Morgan fingerprint density at radius 2 is 1.90 bits per heavy atom. The van der Waals surface area contributed by atoms with Gasteiger partial charge in [0.25, 0.3) is 5.91 Å². The number of fused-ring (bicyclic) bond motifs is 1. The third kappa shape index (κ3) is 3.14. The molecule has 0 aromatic heterocycles. The van der Waals surface area contributed by atoms with Crippen molar-refractivity contribution in [3.8, 4) is 0 Å². The second kappa shape index (κ2) is 6.20. The Bertz CT molecular complexity index is 686. The van der Waals surface area contributed by atoms with Gasteiger partial charge in [-0.15, -0.1) is 0 Å². The molecule has 0 saturated carbocycles. The molecular formula is C17H15BrClNO. The topological polar surface area (TPSA) is 20.3 Å². The molecule has 0 saturated heterocycles. The fourth-order valence-corrected chi connectivity index (χ4v) is 3.29. The predicted molar refractivity (Wildman–Crippen MR) is 88.7 cm³/mol. The molecule has 4 heteroatoms. The Hall–Kier alpha value is -1.32. The minimum Gasteiger partial charge on any atom is -0.334 e. The summed E-state index contributed by atoms with van der Waals surface area (Å²) in [4.78, 5) is 14.7. The van der Waals surface area contributed by atoms with Gasteiger partial charge in [0, 0.05) is 22.6 Å². The van der Waals surface area contributed by atoms with E-state index in [0.29, 0.717) is 17.1 Å². The van der Waals surface area contributed by atoms with Crippen LogP contribution < -0.4 is 0 Å². The Morgan fingerprint density at radius 1 is 1.14 bits per heavy atom. The van der Waals surface area contributed by atoms with Gasteiger partial charge in [-0.05, 0) is 58.1 Å². The number of nitrogens with zero attached hydrogens (tertiary/aromatic N) is 1.